The van der Waals surface area contributed by atoms with Gasteiger partial charge in [0.15, 0.2) is 5.82 Å². The minimum absolute atomic E-state index is 0.0992. The molecule has 2 aliphatic rings. The lowest BCUT2D eigenvalue weighted by Crippen LogP contribution is -2.41. The average molecular weight is 627 g/mol. The molecule has 3 aromatic carbocycles. The van der Waals surface area contributed by atoms with E-state index in [1.165, 1.54) is 6.07 Å². The first kappa shape index (κ1) is 31.1. The predicted octanol–water partition coefficient (Wildman–Crippen LogP) is 6.09. The van der Waals surface area contributed by atoms with Gasteiger partial charge in [0.1, 0.15) is 23.1 Å². The topological polar surface area (TPSA) is 84.9 Å². The molecular weight excluding hydrogens is 590 g/mol. The zero-order valence-corrected chi connectivity index (χ0v) is 26.4. The van der Waals surface area contributed by atoms with E-state index in [4.69, 9.17) is 9.47 Å². The number of nitrogens with zero attached hydrogens (tertiary/aromatic N) is 4. The summed E-state index contributed by atoms with van der Waals surface area (Å²) >= 11 is 0. The van der Waals surface area contributed by atoms with Crippen LogP contribution >= 0.6 is 0 Å². The molecule has 1 aromatic heterocycles. The fourth-order valence-electron chi connectivity index (χ4n) is 6.27. The van der Waals surface area contributed by atoms with E-state index in [2.05, 4.69) is 9.97 Å². The Morgan fingerprint density at radius 2 is 1.61 bits per heavy atom. The zero-order valence-electron chi connectivity index (χ0n) is 26.4. The second-order valence-electron chi connectivity index (χ2n) is 12.2. The van der Waals surface area contributed by atoms with Gasteiger partial charge in [-0.2, -0.15) is 0 Å². The summed E-state index contributed by atoms with van der Waals surface area (Å²) in [5.74, 6) is -0.686. The molecule has 2 amide bonds. The summed E-state index contributed by atoms with van der Waals surface area (Å²) in [5.41, 5.74) is 2.52. The fraction of sp³-hybridized carbons (Fsp3) is 0.333. The number of benzene rings is 3. The summed E-state index contributed by atoms with van der Waals surface area (Å²) in [4.78, 5) is 39.8. The molecule has 0 unspecified atom stereocenters. The summed E-state index contributed by atoms with van der Waals surface area (Å²) in [5, 5.41) is 0. The molecule has 2 aliphatic heterocycles. The Bertz CT molecular complexity index is 1780. The standard InChI is InChI=1S/C36H36F2N4O4/c1-36(2,35(44)41-16-5-6-17-41)24-13-10-22(11-14-24)18-28-32-29(40-33(39-28)31-26(37)8-7-9-27(31)38)21-42(34(32)43)20-23-12-15-25(45-3)19-30(23)46-4/h7-15,19H,5-6,16-18,20-21H2,1-4H3. The molecule has 46 heavy (non-hydrogen) atoms. The number of carbonyl (C=O) groups excluding carboxylic acids is 2. The number of likely N-dealkylation sites (tertiary alicyclic amines) is 1. The number of ether oxygens (including phenoxy) is 2. The van der Waals surface area contributed by atoms with Crippen LogP contribution in [0, 0.1) is 11.6 Å². The molecule has 0 spiro atoms. The summed E-state index contributed by atoms with van der Waals surface area (Å²) < 4.78 is 40.7. The zero-order chi connectivity index (χ0) is 32.6. The minimum atomic E-state index is -0.788. The molecule has 0 bridgehead atoms. The average Bonchev–Trinajstić information content (AvgIpc) is 3.69. The molecule has 6 rings (SSSR count). The van der Waals surface area contributed by atoms with Gasteiger partial charge in [0.25, 0.3) is 5.91 Å². The maximum Gasteiger partial charge on any atom is 0.258 e. The van der Waals surface area contributed by atoms with Crippen LogP contribution in [0.1, 0.15) is 65.1 Å². The quantitative estimate of drug-likeness (QED) is 0.224. The molecule has 0 saturated carbocycles. The summed E-state index contributed by atoms with van der Waals surface area (Å²) in [7, 11) is 3.11. The highest BCUT2D eigenvalue weighted by atomic mass is 19.1. The molecule has 8 nitrogen and oxygen atoms in total. The van der Waals surface area contributed by atoms with Gasteiger partial charge in [-0.25, -0.2) is 18.7 Å². The number of amides is 2. The smallest absolute Gasteiger partial charge is 0.258 e. The van der Waals surface area contributed by atoms with E-state index >= 15 is 0 Å². The number of fused-ring (bicyclic) bond motifs is 1. The maximum absolute atomic E-state index is 14.9. The van der Waals surface area contributed by atoms with Crippen LogP contribution in [-0.2, 0) is 29.7 Å². The van der Waals surface area contributed by atoms with Crippen molar-refractivity contribution in [3.8, 4) is 22.9 Å². The van der Waals surface area contributed by atoms with Crippen LogP contribution in [0.3, 0.4) is 0 Å². The van der Waals surface area contributed by atoms with Gasteiger partial charge in [-0.3, -0.25) is 9.59 Å². The minimum Gasteiger partial charge on any atom is -0.497 e. The number of carbonyl (C=O) groups is 2. The molecule has 4 aromatic rings. The highest BCUT2D eigenvalue weighted by Crippen LogP contribution is 2.34. The lowest BCUT2D eigenvalue weighted by molar-refractivity contribution is -0.135. The molecule has 0 atom stereocenters. The van der Waals surface area contributed by atoms with Gasteiger partial charge in [-0.15, -0.1) is 0 Å². The molecule has 0 aliphatic carbocycles. The van der Waals surface area contributed by atoms with E-state index in [0.29, 0.717) is 28.5 Å². The molecular formula is C36H36F2N4O4. The van der Waals surface area contributed by atoms with Crippen molar-refractivity contribution < 1.29 is 27.8 Å². The van der Waals surface area contributed by atoms with Crippen molar-refractivity contribution in [3.63, 3.8) is 0 Å². The number of rotatable bonds is 9. The third-order valence-corrected chi connectivity index (χ3v) is 8.92. The van der Waals surface area contributed by atoms with Crippen molar-refractivity contribution in [2.75, 3.05) is 27.3 Å². The monoisotopic (exact) mass is 626 g/mol. The van der Waals surface area contributed by atoms with Crippen LogP contribution in [0.5, 0.6) is 11.5 Å². The number of halogens is 2. The van der Waals surface area contributed by atoms with Gasteiger partial charge in [0, 0.05) is 31.1 Å². The third kappa shape index (κ3) is 5.79. The Hall–Kier alpha value is -4.86. The molecule has 1 saturated heterocycles. The number of methoxy groups -OCH3 is 2. The molecule has 10 heteroatoms. The molecule has 238 valence electrons. The van der Waals surface area contributed by atoms with Crippen molar-refractivity contribution >= 4 is 11.8 Å². The van der Waals surface area contributed by atoms with Gasteiger partial charge in [-0.1, -0.05) is 30.3 Å². The first-order chi connectivity index (χ1) is 22.1. The highest BCUT2D eigenvalue weighted by Gasteiger charge is 2.36. The first-order valence-corrected chi connectivity index (χ1v) is 15.3. The normalized spacial score (nSPS) is 14.5. The Labute approximate surface area is 267 Å². The predicted molar refractivity (Wildman–Crippen MR) is 169 cm³/mol. The largest absolute Gasteiger partial charge is 0.497 e. The van der Waals surface area contributed by atoms with Gasteiger partial charge in [0.05, 0.1) is 55.2 Å². The van der Waals surface area contributed by atoms with E-state index < -0.39 is 17.0 Å². The van der Waals surface area contributed by atoms with Crippen LogP contribution in [0.25, 0.3) is 11.4 Å². The van der Waals surface area contributed by atoms with E-state index in [-0.39, 0.29) is 42.7 Å². The van der Waals surface area contributed by atoms with Gasteiger partial charge in [0.2, 0.25) is 5.91 Å². The van der Waals surface area contributed by atoms with Gasteiger partial charge < -0.3 is 19.3 Å². The summed E-state index contributed by atoms with van der Waals surface area (Å²) in [6, 6.07) is 16.6. The van der Waals surface area contributed by atoms with Crippen molar-refractivity contribution in [3.05, 3.63) is 106 Å². The lowest BCUT2D eigenvalue weighted by atomic mass is 9.82. The Morgan fingerprint density at radius 3 is 2.26 bits per heavy atom. The second-order valence-corrected chi connectivity index (χ2v) is 12.2. The lowest BCUT2D eigenvalue weighted by Gasteiger charge is -2.29. The van der Waals surface area contributed by atoms with Crippen LogP contribution in [0.2, 0.25) is 0 Å². The van der Waals surface area contributed by atoms with Gasteiger partial charge >= 0.3 is 0 Å². The first-order valence-electron chi connectivity index (χ1n) is 15.3. The molecule has 1 fully saturated rings. The molecule has 0 N–H and O–H groups in total. The van der Waals surface area contributed by atoms with Crippen LogP contribution < -0.4 is 9.47 Å². The SMILES string of the molecule is COc1ccc(CN2Cc3nc(-c4c(F)cccc4F)nc(Cc4ccc(C(C)(C)C(=O)N5CCCC5)cc4)c3C2=O)c(OC)c1. The third-order valence-electron chi connectivity index (χ3n) is 8.92. The summed E-state index contributed by atoms with van der Waals surface area (Å²) in [6.45, 7) is 5.77. The van der Waals surface area contributed by atoms with Crippen molar-refractivity contribution in [2.24, 2.45) is 0 Å². The second kappa shape index (κ2) is 12.5. The molecule has 0 radical (unpaired) electrons. The Kier molecular flexibility index (Phi) is 8.46. The number of hydrogen-bond donors (Lipinski definition) is 0. The van der Waals surface area contributed by atoms with Crippen molar-refractivity contribution in [2.45, 2.75) is 51.6 Å². The van der Waals surface area contributed by atoms with Crippen LogP contribution in [0.15, 0.2) is 60.7 Å². The number of aromatic nitrogens is 2. The van der Waals surface area contributed by atoms with Crippen molar-refractivity contribution in [1.82, 2.24) is 19.8 Å². The van der Waals surface area contributed by atoms with Gasteiger partial charge in [-0.05, 0) is 62.1 Å². The van der Waals surface area contributed by atoms with E-state index in [1.54, 1.807) is 31.3 Å². The Morgan fingerprint density at radius 1 is 0.913 bits per heavy atom. The summed E-state index contributed by atoms with van der Waals surface area (Å²) in [6.07, 6.45) is 2.26. The number of hydrogen-bond acceptors (Lipinski definition) is 6. The van der Waals surface area contributed by atoms with Crippen LogP contribution in [-0.4, -0.2) is 58.9 Å². The van der Waals surface area contributed by atoms with Crippen LogP contribution in [0.4, 0.5) is 8.78 Å². The van der Waals surface area contributed by atoms with E-state index in [1.807, 2.05) is 49.1 Å². The maximum atomic E-state index is 14.9. The van der Waals surface area contributed by atoms with E-state index in [9.17, 15) is 18.4 Å². The highest BCUT2D eigenvalue weighted by molar-refractivity contribution is 5.99. The fourth-order valence-corrected chi connectivity index (χ4v) is 6.27. The van der Waals surface area contributed by atoms with E-state index in [0.717, 1.165) is 54.8 Å². The Balaban J connectivity index is 1.34. The van der Waals surface area contributed by atoms with Crippen molar-refractivity contribution in [1.29, 1.82) is 0 Å². The molecule has 3 heterocycles.